The number of rotatable bonds is 3. The van der Waals surface area contributed by atoms with Gasteiger partial charge in [0.2, 0.25) is 0 Å². The van der Waals surface area contributed by atoms with Gasteiger partial charge in [0.25, 0.3) is 0 Å². The van der Waals surface area contributed by atoms with Crippen molar-refractivity contribution >= 4 is 5.97 Å². The predicted molar refractivity (Wildman–Crippen MR) is 83.2 cm³/mol. The molecule has 0 unspecified atom stereocenters. The van der Waals surface area contributed by atoms with E-state index in [-0.39, 0.29) is 0 Å². The molecular formula is C18H25NO2. The maximum absolute atomic E-state index is 11.9. The van der Waals surface area contributed by atoms with Crippen LogP contribution < -0.4 is 0 Å². The monoisotopic (exact) mass is 287 g/mol. The van der Waals surface area contributed by atoms with Gasteiger partial charge in [-0.3, -0.25) is 9.69 Å². The maximum Gasteiger partial charge on any atom is 0.310 e. The van der Waals surface area contributed by atoms with E-state index < -0.39 is 11.4 Å². The molecule has 1 saturated carbocycles. The van der Waals surface area contributed by atoms with Gasteiger partial charge < -0.3 is 5.11 Å². The van der Waals surface area contributed by atoms with Crippen LogP contribution in [0.4, 0.5) is 0 Å². The average molecular weight is 287 g/mol. The highest BCUT2D eigenvalue weighted by Crippen LogP contribution is 2.38. The second-order valence-electron chi connectivity index (χ2n) is 6.73. The summed E-state index contributed by atoms with van der Waals surface area (Å²) in [5.41, 5.74) is 2.32. The quantitative estimate of drug-likeness (QED) is 0.925. The van der Waals surface area contributed by atoms with E-state index >= 15 is 0 Å². The summed E-state index contributed by atoms with van der Waals surface area (Å²) in [7, 11) is 0. The number of aryl methyl sites for hydroxylation is 1. The van der Waals surface area contributed by atoms with Crippen molar-refractivity contribution in [3.8, 4) is 0 Å². The van der Waals surface area contributed by atoms with Crippen molar-refractivity contribution < 1.29 is 9.90 Å². The van der Waals surface area contributed by atoms with Crippen LogP contribution in [-0.4, -0.2) is 29.1 Å². The highest BCUT2D eigenvalue weighted by atomic mass is 16.4. The lowest BCUT2D eigenvalue weighted by atomic mass is 9.73. The number of hydrogen-bond donors (Lipinski definition) is 1. The Hall–Kier alpha value is -1.35. The van der Waals surface area contributed by atoms with Crippen molar-refractivity contribution in [1.82, 2.24) is 4.90 Å². The number of fused-ring (bicyclic) bond motifs is 1. The lowest BCUT2D eigenvalue weighted by Gasteiger charge is -2.37. The van der Waals surface area contributed by atoms with E-state index in [1.807, 2.05) is 0 Å². The standard InChI is InChI=1S/C18H25NO2/c20-17(21)18(10-4-1-5-11-18)14-19-12-6-9-15-7-2-3-8-16(15)13-19/h2-3,7-8H,1,4-6,9-14H2,(H,20,21). The number of carboxylic acids is 1. The third-order valence-corrected chi connectivity index (χ3v) is 5.22. The minimum atomic E-state index is -0.584. The smallest absolute Gasteiger partial charge is 0.310 e. The maximum atomic E-state index is 11.9. The first-order valence-corrected chi connectivity index (χ1v) is 8.22. The van der Waals surface area contributed by atoms with E-state index in [2.05, 4.69) is 29.2 Å². The van der Waals surface area contributed by atoms with E-state index in [1.165, 1.54) is 17.5 Å². The van der Waals surface area contributed by atoms with Crippen LogP contribution in [0.25, 0.3) is 0 Å². The van der Waals surface area contributed by atoms with Crippen LogP contribution in [0.15, 0.2) is 24.3 Å². The molecule has 3 heteroatoms. The van der Waals surface area contributed by atoms with Crippen molar-refractivity contribution in [2.45, 2.75) is 51.5 Å². The molecule has 1 aromatic carbocycles. The zero-order valence-electron chi connectivity index (χ0n) is 12.7. The van der Waals surface area contributed by atoms with Crippen LogP contribution >= 0.6 is 0 Å². The van der Waals surface area contributed by atoms with E-state index in [1.54, 1.807) is 0 Å². The molecule has 3 rings (SSSR count). The van der Waals surface area contributed by atoms with E-state index in [0.29, 0.717) is 0 Å². The molecule has 0 aromatic heterocycles. The summed E-state index contributed by atoms with van der Waals surface area (Å²) >= 11 is 0. The minimum absolute atomic E-state index is 0.502. The number of aliphatic carboxylic acids is 1. The molecule has 1 heterocycles. The summed E-state index contributed by atoms with van der Waals surface area (Å²) in [6, 6.07) is 8.61. The molecule has 1 aliphatic heterocycles. The average Bonchev–Trinajstić information content (AvgIpc) is 2.69. The minimum Gasteiger partial charge on any atom is -0.481 e. The number of nitrogens with zero attached hydrogens (tertiary/aromatic N) is 1. The zero-order chi connectivity index (χ0) is 14.7. The topological polar surface area (TPSA) is 40.5 Å². The molecule has 1 N–H and O–H groups in total. The second kappa shape index (κ2) is 6.18. The van der Waals surface area contributed by atoms with Crippen LogP contribution in [0.3, 0.4) is 0 Å². The number of benzene rings is 1. The highest BCUT2D eigenvalue weighted by molar-refractivity contribution is 5.75. The fourth-order valence-corrected chi connectivity index (χ4v) is 4.00. The van der Waals surface area contributed by atoms with Crippen molar-refractivity contribution in [3.63, 3.8) is 0 Å². The van der Waals surface area contributed by atoms with E-state index in [9.17, 15) is 9.90 Å². The Morgan fingerprint density at radius 2 is 1.81 bits per heavy atom. The second-order valence-corrected chi connectivity index (χ2v) is 6.73. The van der Waals surface area contributed by atoms with Gasteiger partial charge in [0.05, 0.1) is 5.41 Å². The van der Waals surface area contributed by atoms with Crippen molar-refractivity contribution in [3.05, 3.63) is 35.4 Å². The molecule has 0 amide bonds. The third-order valence-electron chi connectivity index (χ3n) is 5.22. The molecule has 0 radical (unpaired) electrons. The van der Waals surface area contributed by atoms with Gasteiger partial charge in [-0.2, -0.15) is 0 Å². The molecule has 1 aromatic rings. The lowest BCUT2D eigenvalue weighted by molar-refractivity contribution is -0.152. The van der Waals surface area contributed by atoms with E-state index in [0.717, 1.165) is 58.2 Å². The summed E-state index contributed by atoms with van der Waals surface area (Å²) in [5, 5.41) is 9.76. The van der Waals surface area contributed by atoms with Crippen molar-refractivity contribution in [1.29, 1.82) is 0 Å². The molecule has 0 atom stereocenters. The number of carbonyl (C=O) groups is 1. The van der Waals surface area contributed by atoms with Gasteiger partial charge in [-0.05, 0) is 43.4 Å². The van der Waals surface area contributed by atoms with Crippen LogP contribution in [0.2, 0.25) is 0 Å². The van der Waals surface area contributed by atoms with Crippen LogP contribution in [0, 0.1) is 5.41 Å². The van der Waals surface area contributed by atoms with Gasteiger partial charge in [-0.25, -0.2) is 0 Å². The molecule has 21 heavy (non-hydrogen) atoms. The molecule has 1 fully saturated rings. The molecule has 114 valence electrons. The molecule has 0 bridgehead atoms. The molecule has 2 aliphatic rings. The normalized spacial score (nSPS) is 22.3. The van der Waals surface area contributed by atoms with Crippen molar-refractivity contribution in [2.24, 2.45) is 5.41 Å². The molecular weight excluding hydrogens is 262 g/mol. The van der Waals surface area contributed by atoms with Gasteiger partial charge in [0.15, 0.2) is 0 Å². The Labute approximate surface area is 127 Å². The first-order valence-electron chi connectivity index (χ1n) is 8.22. The largest absolute Gasteiger partial charge is 0.481 e. The van der Waals surface area contributed by atoms with E-state index in [4.69, 9.17) is 0 Å². The SMILES string of the molecule is O=C(O)C1(CN2CCCc3ccccc3C2)CCCCC1. The summed E-state index contributed by atoms with van der Waals surface area (Å²) in [6.07, 6.45) is 7.27. The first kappa shape index (κ1) is 14.6. The Balaban J connectivity index is 1.76. The van der Waals surface area contributed by atoms with Crippen LogP contribution in [-0.2, 0) is 17.8 Å². The summed E-state index contributed by atoms with van der Waals surface area (Å²) in [4.78, 5) is 14.2. The number of hydrogen-bond acceptors (Lipinski definition) is 2. The lowest BCUT2D eigenvalue weighted by Crippen LogP contribution is -2.44. The van der Waals surface area contributed by atoms with Crippen molar-refractivity contribution in [2.75, 3.05) is 13.1 Å². The van der Waals surface area contributed by atoms with Crippen LogP contribution in [0.1, 0.15) is 49.7 Å². The summed E-state index contributed by atoms with van der Waals surface area (Å²) < 4.78 is 0. The zero-order valence-corrected chi connectivity index (χ0v) is 12.7. The van der Waals surface area contributed by atoms with Crippen LogP contribution in [0.5, 0.6) is 0 Å². The Morgan fingerprint density at radius 3 is 2.52 bits per heavy atom. The Morgan fingerprint density at radius 1 is 1.10 bits per heavy atom. The molecule has 3 nitrogen and oxygen atoms in total. The number of carboxylic acid groups (broad SMARTS) is 1. The summed E-state index contributed by atoms with van der Waals surface area (Å²) in [5.74, 6) is -0.584. The highest BCUT2D eigenvalue weighted by Gasteiger charge is 2.41. The van der Waals surface area contributed by atoms with Gasteiger partial charge >= 0.3 is 5.97 Å². The first-order chi connectivity index (χ1) is 10.2. The van der Waals surface area contributed by atoms with Gasteiger partial charge in [-0.1, -0.05) is 43.5 Å². The summed E-state index contributed by atoms with van der Waals surface area (Å²) in [6.45, 7) is 2.64. The fourth-order valence-electron chi connectivity index (χ4n) is 4.00. The fraction of sp³-hybridized carbons (Fsp3) is 0.611. The Bertz CT molecular complexity index is 506. The molecule has 0 spiro atoms. The molecule has 1 aliphatic carbocycles. The van der Waals surface area contributed by atoms with Gasteiger partial charge in [0.1, 0.15) is 0 Å². The van der Waals surface area contributed by atoms with Gasteiger partial charge in [0, 0.05) is 13.1 Å². The molecule has 0 saturated heterocycles. The predicted octanol–water partition coefficient (Wildman–Crippen LogP) is 3.47. The third kappa shape index (κ3) is 3.13. The van der Waals surface area contributed by atoms with Gasteiger partial charge in [-0.15, -0.1) is 0 Å². The Kier molecular flexibility index (Phi) is 4.29.